The molecule has 0 radical (unpaired) electrons. The predicted octanol–water partition coefficient (Wildman–Crippen LogP) is 1.93. The lowest BCUT2D eigenvalue weighted by atomic mass is 9.77. The number of rotatable bonds is 0. The lowest BCUT2D eigenvalue weighted by Gasteiger charge is -2.25. The van der Waals surface area contributed by atoms with E-state index >= 15 is 0 Å². The van der Waals surface area contributed by atoms with Crippen molar-refractivity contribution in [3.63, 3.8) is 0 Å². The van der Waals surface area contributed by atoms with Crippen molar-refractivity contribution >= 4 is 5.78 Å². The molecule has 13 heavy (non-hydrogen) atoms. The Morgan fingerprint density at radius 3 is 2.54 bits per heavy atom. The maximum atomic E-state index is 11.4. The molecule has 66 valence electrons. The van der Waals surface area contributed by atoms with Crippen molar-refractivity contribution < 1.29 is 9.90 Å². The summed E-state index contributed by atoms with van der Waals surface area (Å²) in [5.41, 5.74) is 0.796. The van der Waals surface area contributed by atoms with E-state index in [1.54, 1.807) is 6.08 Å². The molecule has 0 aromatic carbocycles. The smallest absolute Gasteiger partial charge is 0.163 e. The van der Waals surface area contributed by atoms with Crippen LogP contribution < -0.4 is 0 Å². The Balaban J connectivity index is 2.42. The van der Waals surface area contributed by atoms with Gasteiger partial charge in [0, 0.05) is 5.92 Å². The van der Waals surface area contributed by atoms with Gasteiger partial charge in [0.2, 0.25) is 0 Å². The summed E-state index contributed by atoms with van der Waals surface area (Å²) in [5.74, 6) is 0.0112. The summed E-state index contributed by atoms with van der Waals surface area (Å²) in [5, 5.41) is 8.93. The van der Waals surface area contributed by atoms with E-state index in [0.29, 0.717) is 0 Å². The molecule has 0 spiro atoms. The third-order valence-corrected chi connectivity index (χ3v) is 2.44. The fourth-order valence-electron chi connectivity index (χ4n) is 1.73. The van der Waals surface area contributed by atoms with Crippen molar-refractivity contribution in [2.45, 2.75) is 0 Å². The molecule has 0 heterocycles. The number of ketones is 1. The van der Waals surface area contributed by atoms with Gasteiger partial charge in [-0.25, -0.2) is 0 Å². The SMILES string of the molecule is O=C1C=CC(=CO)C2C=CC=CC12. The minimum absolute atomic E-state index is 0.0208. The van der Waals surface area contributed by atoms with Crippen molar-refractivity contribution in [3.8, 4) is 0 Å². The number of hydrogen-bond acceptors (Lipinski definition) is 2. The van der Waals surface area contributed by atoms with Crippen LogP contribution >= 0.6 is 0 Å². The molecule has 2 heteroatoms. The van der Waals surface area contributed by atoms with Crippen LogP contribution in [0.4, 0.5) is 0 Å². The average Bonchev–Trinajstić information content (AvgIpc) is 2.19. The molecule has 0 aromatic heterocycles. The summed E-state index contributed by atoms with van der Waals surface area (Å²) >= 11 is 0. The highest BCUT2D eigenvalue weighted by Crippen LogP contribution is 2.31. The maximum absolute atomic E-state index is 11.4. The first-order valence-corrected chi connectivity index (χ1v) is 4.24. The van der Waals surface area contributed by atoms with E-state index in [1.807, 2.05) is 24.3 Å². The zero-order chi connectivity index (χ0) is 9.26. The van der Waals surface area contributed by atoms with Crippen molar-refractivity contribution in [2.75, 3.05) is 0 Å². The molecular weight excluding hydrogens is 164 g/mol. The molecule has 2 aliphatic rings. The highest BCUT2D eigenvalue weighted by Gasteiger charge is 2.29. The van der Waals surface area contributed by atoms with Gasteiger partial charge >= 0.3 is 0 Å². The molecule has 2 atom stereocenters. The Morgan fingerprint density at radius 2 is 1.85 bits per heavy atom. The fraction of sp³-hybridized carbons (Fsp3) is 0.182. The van der Waals surface area contributed by atoms with Crippen molar-refractivity contribution in [1.29, 1.82) is 0 Å². The van der Waals surface area contributed by atoms with E-state index in [4.69, 9.17) is 5.11 Å². The molecule has 2 aliphatic carbocycles. The Labute approximate surface area is 76.6 Å². The second kappa shape index (κ2) is 3.05. The largest absolute Gasteiger partial charge is 0.515 e. The van der Waals surface area contributed by atoms with Gasteiger partial charge in [-0.3, -0.25) is 4.79 Å². The van der Waals surface area contributed by atoms with Crippen molar-refractivity contribution in [3.05, 3.63) is 48.3 Å². The van der Waals surface area contributed by atoms with Crippen LogP contribution in [0.15, 0.2) is 48.3 Å². The standard InChI is InChI=1S/C11H10O2/c12-7-8-5-6-11(13)10-4-2-1-3-9(8)10/h1-7,9-10,12H. The van der Waals surface area contributed by atoms with Crippen molar-refractivity contribution in [2.24, 2.45) is 11.8 Å². The maximum Gasteiger partial charge on any atom is 0.163 e. The number of hydrogen-bond donors (Lipinski definition) is 1. The average molecular weight is 174 g/mol. The summed E-state index contributed by atoms with van der Waals surface area (Å²) < 4.78 is 0. The van der Waals surface area contributed by atoms with E-state index < -0.39 is 0 Å². The monoisotopic (exact) mass is 174 g/mol. The zero-order valence-electron chi connectivity index (χ0n) is 7.05. The fourth-order valence-corrected chi connectivity index (χ4v) is 1.73. The van der Waals surface area contributed by atoms with Crippen LogP contribution in [0.1, 0.15) is 0 Å². The van der Waals surface area contributed by atoms with E-state index in [2.05, 4.69) is 0 Å². The minimum atomic E-state index is -0.117. The topological polar surface area (TPSA) is 37.3 Å². The molecule has 2 nitrogen and oxygen atoms in total. The summed E-state index contributed by atoms with van der Waals surface area (Å²) in [6.45, 7) is 0. The lowest BCUT2D eigenvalue weighted by molar-refractivity contribution is -0.117. The van der Waals surface area contributed by atoms with Gasteiger partial charge in [-0.1, -0.05) is 30.4 Å². The second-order valence-corrected chi connectivity index (χ2v) is 3.19. The van der Waals surface area contributed by atoms with Gasteiger partial charge in [-0.15, -0.1) is 0 Å². The second-order valence-electron chi connectivity index (χ2n) is 3.19. The molecule has 1 N–H and O–H groups in total. The Hall–Kier alpha value is -1.57. The summed E-state index contributed by atoms with van der Waals surface area (Å²) in [4.78, 5) is 11.4. The minimum Gasteiger partial charge on any atom is -0.515 e. The van der Waals surface area contributed by atoms with Crippen LogP contribution in [0.25, 0.3) is 0 Å². The first-order valence-electron chi connectivity index (χ1n) is 4.24. The highest BCUT2D eigenvalue weighted by molar-refractivity contribution is 5.95. The van der Waals surface area contributed by atoms with E-state index in [0.717, 1.165) is 11.8 Å². The van der Waals surface area contributed by atoms with Crippen molar-refractivity contribution in [1.82, 2.24) is 0 Å². The zero-order valence-corrected chi connectivity index (χ0v) is 7.05. The third kappa shape index (κ3) is 1.24. The highest BCUT2D eigenvalue weighted by atomic mass is 16.2. The van der Waals surface area contributed by atoms with Crippen LogP contribution in [0.5, 0.6) is 0 Å². The van der Waals surface area contributed by atoms with E-state index in [-0.39, 0.29) is 17.6 Å². The van der Waals surface area contributed by atoms with E-state index in [9.17, 15) is 4.79 Å². The number of carbonyl (C=O) groups is 1. The summed E-state index contributed by atoms with van der Waals surface area (Å²) in [6, 6.07) is 0. The van der Waals surface area contributed by atoms with Gasteiger partial charge < -0.3 is 5.11 Å². The molecule has 0 bridgehead atoms. The van der Waals surface area contributed by atoms with Gasteiger partial charge in [-0.2, -0.15) is 0 Å². The summed E-state index contributed by atoms with van der Waals surface area (Å²) in [6.07, 6.45) is 11.8. The molecule has 0 amide bonds. The molecular formula is C11H10O2. The first kappa shape index (κ1) is 8.05. The normalized spacial score (nSPS) is 33.8. The number of carbonyl (C=O) groups excluding carboxylic acids is 1. The Morgan fingerprint density at radius 1 is 1.15 bits per heavy atom. The molecule has 0 aromatic rings. The molecule has 0 aliphatic heterocycles. The lowest BCUT2D eigenvalue weighted by Crippen LogP contribution is -2.25. The Bertz CT molecular complexity index is 345. The number of aliphatic hydroxyl groups is 1. The molecule has 2 rings (SSSR count). The van der Waals surface area contributed by atoms with Crippen LogP contribution in [-0.4, -0.2) is 10.9 Å². The van der Waals surface area contributed by atoms with Crippen LogP contribution in [0, 0.1) is 11.8 Å². The number of allylic oxidation sites excluding steroid dienone is 7. The van der Waals surface area contributed by atoms with Crippen LogP contribution in [0.3, 0.4) is 0 Å². The molecule has 0 saturated heterocycles. The van der Waals surface area contributed by atoms with Gasteiger partial charge in [0.05, 0.1) is 12.2 Å². The van der Waals surface area contributed by atoms with Gasteiger partial charge in [0.1, 0.15) is 0 Å². The van der Waals surface area contributed by atoms with Gasteiger partial charge in [0.15, 0.2) is 5.78 Å². The summed E-state index contributed by atoms with van der Waals surface area (Å²) in [7, 11) is 0. The quantitative estimate of drug-likeness (QED) is 0.570. The van der Waals surface area contributed by atoms with Crippen LogP contribution in [-0.2, 0) is 4.79 Å². The first-order chi connectivity index (χ1) is 6.33. The van der Waals surface area contributed by atoms with Gasteiger partial charge in [0.25, 0.3) is 0 Å². The third-order valence-electron chi connectivity index (χ3n) is 2.44. The van der Waals surface area contributed by atoms with Gasteiger partial charge in [-0.05, 0) is 11.6 Å². The Kier molecular flexibility index (Phi) is 1.89. The molecule has 2 unspecified atom stereocenters. The number of fused-ring (bicyclic) bond motifs is 1. The number of aliphatic hydroxyl groups excluding tert-OH is 1. The van der Waals surface area contributed by atoms with Crippen LogP contribution in [0.2, 0.25) is 0 Å². The molecule has 0 fully saturated rings. The predicted molar refractivity (Wildman–Crippen MR) is 50.1 cm³/mol. The van der Waals surface area contributed by atoms with E-state index in [1.165, 1.54) is 6.08 Å². The molecule has 0 saturated carbocycles.